The highest BCUT2D eigenvalue weighted by atomic mass is 35.5. The van der Waals surface area contributed by atoms with Gasteiger partial charge in [0.2, 0.25) is 0 Å². The Balaban J connectivity index is 1.83. The van der Waals surface area contributed by atoms with Gasteiger partial charge in [0.25, 0.3) is 0 Å². The topological polar surface area (TPSA) is 88.5 Å². The van der Waals surface area contributed by atoms with Gasteiger partial charge in [0.1, 0.15) is 11.4 Å². The third kappa shape index (κ3) is 6.54. The zero-order valence-electron chi connectivity index (χ0n) is 19.6. The number of hydrogen-bond acceptors (Lipinski definition) is 5. The lowest BCUT2D eigenvalue weighted by Gasteiger charge is -2.16. The largest absolute Gasteiger partial charge is 0.495 e. The molecule has 0 aliphatic heterocycles. The number of para-hydroxylation sites is 1. The van der Waals surface area contributed by atoms with Crippen molar-refractivity contribution >= 4 is 29.0 Å². The van der Waals surface area contributed by atoms with E-state index in [0.29, 0.717) is 46.5 Å². The van der Waals surface area contributed by atoms with E-state index in [-0.39, 0.29) is 23.8 Å². The molecule has 0 saturated carbocycles. The number of anilines is 1. The minimum absolute atomic E-state index is 0.0152. The maximum absolute atomic E-state index is 13.0. The summed E-state index contributed by atoms with van der Waals surface area (Å²) in [6, 6.07) is 10.9. The van der Waals surface area contributed by atoms with E-state index in [9.17, 15) is 22.8 Å². The van der Waals surface area contributed by atoms with Crippen LogP contribution in [0.25, 0.3) is 11.1 Å². The summed E-state index contributed by atoms with van der Waals surface area (Å²) >= 11 is 6.31. The third-order valence-corrected chi connectivity index (χ3v) is 5.90. The van der Waals surface area contributed by atoms with Crippen LogP contribution in [0.3, 0.4) is 0 Å². The molecule has 3 aromatic rings. The molecule has 0 aliphatic carbocycles. The number of halogens is 4. The average Bonchev–Trinajstić information content (AvgIpc) is 2.82. The van der Waals surface area contributed by atoms with Crippen molar-refractivity contribution in [1.29, 1.82) is 0 Å². The summed E-state index contributed by atoms with van der Waals surface area (Å²) in [5.41, 5.74) is 1.81. The molecule has 1 heterocycles. The number of alkyl halides is 3. The molecule has 36 heavy (non-hydrogen) atoms. The summed E-state index contributed by atoms with van der Waals surface area (Å²) in [6.45, 7) is 1.42. The van der Waals surface area contributed by atoms with Gasteiger partial charge < -0.3 is 15.2 Å². The Morgan fingerprint density at radius 1 is 1.14 bits per heavy atom. The molecule has 2 aromatic carbocycles. The monoisotopic (exact) mass is 520 g/mol. The van der Waals surface area contributed by atoms with Crippen molar-refractivity contribution in [3.63, 3.8) is 0 Å². The van der Waals surface area contributed by atoms with Crippen molar-refractivity contribution in [3.8, 4) is 16.9 Å². The van der Waals surface area contributed by atoms with E-state index in [1.54, 1.807) is 18.2 Å². The van der Waals surface area contributed by atoms with Gasteiger partial charge in [0, 0.05) is 34.3 Å². The molecule has 2 N–H and O–H groups in total. The van der Waals surface area contributed by atoms with Crippen LogP contribution in [0, 0.1) is 6.92 Å². The first-order valence-corrected chi connectivity index (χ1v) is 11.4. The zero-order chi connectivity index (χ0) is 26.5. The summed E-state index contributed by atoms with van der Waals surface area (Å²) in [5.74, 6) is -0.661. The van der Waals surface area contributed by atoms with Gasteiger partial charge >= 0.3 is 12.1 Å². The highest BCUT2D eigenvalue weighted by molar-refractivity contribution is 6.33. The van der Waals surface area contributed by atoms with Crippen LogP contribution < -0.4 is 10.1 Å². The third-order valence-electron chi connectivity index (χ3n) is 5.57. The van der Waals surface area contributed by atoms with Gasteiger partial charge in [0.05, 0.1) is 19.3 Å². The fraction of sp³-hybridized carbons (Fsp3) is 0.269. The number of hydrogen-bond donors (Lipinski definition) is 2. The normalized spacial score (nSPS) is 11.3. The molecule has 0 amide bonds. The van der Waals surface area contributed by atoms with Crippen molar-refractivity contribution in [2.45, 2.75) is 32.4 Å². The Hall–Kier alpha value is -3.59. The number of Topliss-reactive ketones (excluding diaryl/α,β-unsaturated/α-hetero) is 1. The second-order valence-corrected chi connectivity index (χ2v) is 8.50. The maximum atomic E-state index is 13.0. The Labute approximate surface area is 211 Å². The van der Waals surface area contributed by atoms with E-state index < -0.39 is 17.8 Å². The van der Waals surface area contributed by atoms with Crippen LogP contribution in [0.15, 0.2) is 48.7 Å². The highest BCUT2D eigenvalue weighted by Gasteiger charge is 2.32. The van der Waals surface area contributed by atoms with E-state index in [2.05, 4.69) is 10.3 Å². The van der Waals surface area contributed by atoms with Crippen LogP contribution in [0.2, 0.25) is 5.02 Å². The Morgan fingerprint density at radius 2 is 1.89 bits per heavy atom. The number of nitrogens with one attached hydrogen (secondary N) is 1. The number of aryl methyl sites for hydroxylation is 2. The number of benzene rings is 2. The van der Waals surface area contributed by atoms with Crippen molar-refractivity contribution < 1.29 is 32.6 Å². The Morgan fingerprint density at radius 3 is 2.53 bits per heavy atom. The van der Waals surface area contributed by atoms with Crippen LogP contribution >= 0.6 is 11.6 Å². The number of aliphatic carboxylic acids is 1. The molecule has 6 nitrogen and oxygen atoms in total. The maximum Gasteiger partial charge on any atom is 0.433 e. The molecule has 0 spiro atoms. The SMILES string of the molecule is COc1cccc(CCCC(=O)O)c1NCC(=O)c1ccc(Cl)c(-c2cnc(C(F)(F)F)cc2C)c1. The Bertz CT molecular complexity index is 1280. The summed E-state index contributed by atoms with van der Waals surface area (Å²) in [4.78, 5) is 27.4. The van der Waals surface area contributed by atoms with E-state index >= 15 is 0 Å². The number of ether oxygens (including phenoxy) is 1. The van der Waals surface area contributed by atoms with Crippen molar-refractivity contribution in [2.24, 2.45) is 0 Å². The number of pyridine rings is 1. The number of aromatic nitrogens is 1. The van der Waals surface area contributed by atoms with Crippen LogP contribution in [-0.4, -0.2) is 35.5 Å². The van der Waals surface area contributed by atoms with Crippen LogP contribution in [0.4, 0.5) is 18.9 Å². The van der Waals surface area contributed by atoms with E-state index in [0.717, 1.165) is 17.8 Å². The molecule has 0 atom stereocenters. The lowest BCUT2D eigenvalue weighted by molar-refractivity contribution is -0.141. The van der Waals surface area contributed by atoms with Crippen molar-refractivity contribution in [3.05, 3.63) is 76.1 Å². The van der Waals surface area contributed by atoms with E-state index in [4.69, 9.17) is 21.4 Å². The molecule has 0 unspecified atom stereocenters. The molecule has 3 rings (SSSR count). The molecule has 1 aromatic heterocycles. The lowest BCUT2D eigenvalue weighted by atomic mass is 9.98. The number of rotatable bonds is 10. The predicted molar refractivity (Wildman–Crippen MR) is 131 cm³/mol. The molecule has 10 heteroatoms. The number of carboxylic acid groups (broad SMARTS) is 1. The van der Waals surface area contributed by atoms with Crippen LogP contribution in [-0.2, 0) is 17.4 Å². The van der Waals surface area contributed by atoms with Crippen LogP contribution in [0.5, 0.6) is 5.75 Å². The highest BCUT2D eigenvalue weighted by Crippen LogP contribution is 2.35. The molecule has 0 bridgehead atoms. The molecule has 190 valence electrons. The quantitative estimate of drug-likeness (QED) is 0.299. The summed E-state index contributed by atoms with van der Waals surface area (Å²) in [7, 11) is 1.50. The molecule has 0 radical (unpaired) electrons. The number of carbonyl (C=O) groups is 2. The second kappa shape index (κ2) is 11.4. The van der Waals surface area contributed by atoms with Crippen molar-refractivity contribution in [1.82, 2.24) is 4.98 Å². The minimum Gasteiger partial charge on any atom is -0.495 e. The van der Waals surface area contributed by atoms with Gasteiger partial charge in [0.15, 0.2) is 5.78 Å². The first-order valence-electron chi connectivity index (χ1n) is 11.0. The smallest absolute Gasteiger partial charge is 0.433 e. The molecule has 0 saturated heterocycles. The molecular formula is C26H24ClF3N2O4. The number of carbonyl (C=O) groups excluding carboxylic acids is 1. The number of ketones is 1. The Kier molecular flexibility index (Phi) is 8.57. The summed E-state index contributed by atoms with van der Waals surface area (Å²) in [6.07, 6.45) is -2.55. The van der Waals surface area contributed by atoms with Gasteiger partial charge in [-0.3, -0.25) is 14.6 Å². The van der Waals surface area contributed by atoms with Gasteiger partial charge in [-0.15, -0.1) is 0 Å². The van der Waals surface area contributed by atoms with E-state index in [1.807, 2.05) is 6.07 Å². The first kappa shape index (κ1) is 27.0. The molecular weight excluding hydrogens is 497 g/mol. The van der Waals surface area contributed by atoms with Gasteiger partial charge in [-0.05, 0) is 61.2 Å². The summed E-state index contributed by atoms with van der Waals surface area (Å²) in [5, 5.41) is 12.3. The molecule has 0 aliphatic rings. The minimum atomic E-state index is -4.57. The number of nitrogens with zero attached hydrogens (tertiary/aromatic N) is 1. The van der Waals surface area contributed by atoms with Crippen LogP contribution in [0.1, 0.15) is 40.0 Å². The van der Waals surface area contributed by atoms with Crippen molar-refractivity contribution in [2.75, 3.05) is 19.0 Å². The first-order chi connectivity index (χ1) is 17.0. The summed E-state index contributed by atoms with van der Waals surface area (Å²) < 4.78 is 44.4. The standard InChI is InChI=1S/C26H24ClF3N2O4/c1-15-11-23(26(28,29)30)31-13-19(15)18-12-17(9-10-20(18)27)21(33)14-32-25-16(6-4-8-24(34)35)5-3-7-22(25)36-2/h3,5,7,9-13,32H,4,6,8,14H2,1-2H3,(H,34,35). The van der Waals surface area contributed by atoms with Gasteiger partial charge in [-0.25, -0.2) is 0 Å². The fourth-order valence-electron chi connectivity index (χ4n) is 3.75. The van der Waals surface area contributed by atoms with Gasteiger partial charge in [-0.2, -0.15) is 13.2 Å². The number of carboxylic acids is 1. The fourth-order valence-corrected chi connectivity index (χ4v) is 3.97. The molecule has 0 fully saturated rings. The average molecular weight is 521 g/mol. The number of methoxy groups -OCH3 is 1. The second-order valence-electron chi connectivity index (χ2n) is 8.10. The lowest BCUT2D eigenvalue weighted by Crippen LogP contribution is -2.16. The zero-order valence-corrected chi connectivity index (χ0v) is 20.3. The van der Waals surface area contributed by atoms with Gasteiger partial charge in [-0.1, -0.05) is 23.7 Å². The predicted octanol–water partition coefficient (Wildman–Crippen LogP) is 6.44. The van der Waals surface area contributed by atoms with E-state index in [1.165, 1.54) is 26.2 Å².